The number of nitrogens with zero attached hydrogens (tertiary/aromatic N) is 1. The first-order valence-electron chi connectivity index (χ1n) is 7.98. The van der Waals surface area contributed by atoms with E-state index in [1.165, 1.54) is 44.2 Å². The van der Waals surface area contributed by atoms with Crippen LogP contribution < -0.4 is 4.74 Å². The molecular formula is C17H21NO3. The Labute approximate surface area is 124 Å². The molecule has 1 aromatic carbocycles. The number of hydrogen-bond donors (Lipinski definition) is 0. The molecule has 4 aliphatic carbocycles. The summed E-state index contributed by atoms with van der Waals surface area (Å²) < 4.78 is 6.39. The molecule has 1 aromatic rings. The molecule has 0 atom stereocenters. The average Bonchev–Trinajstić information content (AvgIpc) is 2.45. The fraction of sp³-hybridized carbons (Fsp3) is 0.647. The van der Waals surface area contributed by atoms with Gasteiger partial charge in [0.1, 0.15) is 11.4 Å². The number of rotatable bonds is 3. The Hall–Kier alpha value is -1.58. The van der Waals surface area contributed by atoms with E-state index in [4.69, 9.17) is 4.74 Å². The molecule has 0 heterocycles. The Morgan fingerprint density at radius 2 is 1.57 bits per heavy atom. The molecule has 0 spiro atoms. The molecule has 4 heteroatoms. The zero-order valence-electron chi connectivity index (χ0n) is 12.3. The van der Waals surface area contributed by atoms with Crippen molar-refractivity contribution in [3.8, 4) is 5.75 Å². The first-order chi connectivity index (χ1) is 10.0. The van der Waals surface area contributed by atoms with Crippen molar-refractivity contribution in [2.45, 2.75) is 44.6 Å². The van der Waals surface area contributed by atoms with Gasteiger partial charge in [-0.15, -0.1) is 0 Å². The van der Waals surface area contributed by atoms with Crippen LogP contribution in [0.15, 0.2) is 24.3 Å². The molecule has 4 bridgehead atoms. The summed E-state index contributed by atoms with van der Waals surface area (Å²) in [5.41, 5.74) is 0.0430. The monoisotopic (exact) mass is 287 g/mol. The van der Waals surface area contributed by atoms with Crippen LogP contribution in [-0.4, -0.2) is 10.5 Å². The van der Waals surface area contributed by atoms with E-state index in [2.05, 4.69) is 6.92 Å². The van der Waals surface area contributed by atoms with Gasteiger partial charge in [0.15, 0.2) is 0 Å². The maximum atomic E-state index is 10.7. The molecule has 21 heavy (non-hydrogen) atoms. The van der Waals surface area contributed by atoms with Crippen molar-refractivity contribution >= 4 is 5.69 Å². The minimum absolute atomic E-state index is 0.0798. The van der Waals surface area contributed by atoms with Crippen molar-refractivity contribution in [1.82, 2.24) is 0 Å². The highest BCUT2D eigenvalue weighted by molar-refractivity contribution is 5.36. The number of hydrogen-bond acceptors (Lipinski definition) is 3. The highest BCUT2D eigenvalue weighted by Gasteiger charge is 2.56. The summed E-state index contributed by atoms with van der Waals surface area (Å²) in [5.74, 6) is 3.92. The second kappa shape index (κ2) is 4.46. The zero-order valence-corrected chi connectivity index (χ0v) is 12.3. The van der Waals surface area contributed by atoms with Crippen LogP contribution in [0.25, 0.3) is 0 Å². The van der Waals surface area contributed by atoms with Crippen molar-refractivity contribution in [3.63, 3.8) is 0 Å². The fourth-order valence-electron chi connectivity index (χ4n) is 5.18. The summed E-state index contributed by atoms with van der Waals surface area (Å²) in [6, 6.07) is 6.56. The van der Waals surface area contributed by atoms with Crippen LogP contribution in [0.2, 0.25) is 0 Å². The molecule has 0 unspecified atom stereocenters. The number of ether oxygens (including phenoxy) is 1. The van der Waals surface area contributed by atoms with Gasteiger partial charge in [-0.25, -0.2) is 0 Å². The van der Waals surface area contributed by atoms with Gasteiger partial charge >= 0.3 is 0 Å². The SMILES string of the molecule is CC1(Oc2ccc([N+](=O)[O-])cc2)C2CC3CC(C2)CC1C3. The summed E-state index contributed by atoms with van der Waals surface area (Å²) in [4.78, 5) is 10.4. The van der Waals surface area contributed by atoms with Crippen LogP contribution in [0.5, 0.6) is 5.75 Å². The molecule has 0 N–H and O–H groups in total. The van der Waals surface area contributed by atoms with Gasteiger partial charge in [0.2, 0.25) is 0 Å². The summed E-state index contributed by atoms with van der Waals surface area (Å²) in [5, 5.41) is 10.7. The lowest BCUT2D eigenvalue weighted by Crippen LogP contribution is -2.59. The summed E-state index contributed by atoms with van der Waals surface area (Å²) >= 11 is 0. The van der Waals surface area contributed by atoms with E-state index in [9.17, 15) is 10.1 Å². The molecule has 4 fully saturated rings. The zero-order chi connectivity index (χ0) is 14.6. The standard InChI is InChI=1S/C17H21NO3/c1-17(21-16-4-2-15(3-5-16)18(19)20)13-7-11-6-12(9-13)10-14(17)8-11/h2-5,11-14H,6-10H2,1H3. The molecule has 0 aromatic heterocycles. The van der Waals surface area contributed by atoms with E-state index in [0.29, 0.717) is 11.8 Å². The van der Waals surface area contributed by atoms with Crippen molar-refractivity contribution in [2.24, 2.45) is 23.7 Å². The molecule has 4 aliphatic rings. The number of benzene rings is 1. The summed E-state index contributed by atoms with van der Waals surface area (Å²) in [6.45, 7) is 2.27. The van der Waals surface area contributed by atoms with E-state index in [1.54, 1.807) is 12.1 Å². The predicted octanol–water partition coefficient (Wildman–Crippen LogP) is 4.19. The van der Waals surface area contributed by atoms with E-state index >= 15 is 0 Å². The quantitative estimate of drug-likeness (QED) is 0.618. The molecule has 0 saturated heterocycles. The molecule has 0 amide bonds. The Kier molecular flexibility index (Phi) is 2.78. The average molecular weight is 287 g/mol. The predicted molar refractivity (Wildman–Crippen MR) is 79.2 cm³/mol. The Bertz CT molecular complexity index is 538. The van der Waals surface area contributed by atoms with Crippen LogP contribution in [0.3, 0.4) is 0 Å². The van der Waals surface area contributed by atoms with E-state index in [-0.39, 0.29) is 16.2 Å². The molecule has 5 rings (SSSR count). The fourth-order valence-corrected chi connectivity index (χ4v) is 5.18. The second-order valence-corrected chi connectivity index (χ2v) is 7.34. The lowest BCUT2D eigenvalue weighted by Gasteiger charge is -2.59. The third-order valence-electron chi connectivity index (χ3n) is 6.14. The lowest BCUT2D eigenvalue weighted by molar-refractivity contribution is -0.384. The van der Waals surface area contributed by atoms with Crippen molar-refractivity contribution in [1.29, 1.82) is 0 Å². The van der Waals surface area contributed by atoms with Gasteiger partial charge < -0.3 is 4.74 Å². The molecule has 112 valence electrons. The van der Waals surface area contributed by atoms with Crippen LogP contribution in [0.4, 0.5) is 5.69 Å². The first kappa shape index (κ1) is 13.1. The van der Waals surface area contributed by atoms with Crippen LogP contribution in [0, 0.1) is 33.8 Å². The topological polar surface area (TPSA) is 52.4 Å². The van der Waals surface area contributed by atoms with Gasteiger partial charge in [-0.1, -0.05) is 0 Å². The summed E-state index contributed by atoms with van der Waals surface area (Å²) in [7, 11) is 0. The highest BCUT2D eigenvalue weighted by atomic mass is 16.6. The maximum Gasteiger partial charge on any atom is 0.269 e. The van der Waals surface area contributed by atoms with Gasteiger partial charge in [0, 0.05) is 12.1 Å². The van der Waals surface area contributed by atoms with Gasteiger partial charge in [0.05, 0.1) is 4.92 Å². The van der Waals surface area contributed by atoms with Gasteiger partial charge in [-0.3, -0.25) is 10.1 Å². The molecular weight excluding hydrogens is 266 g/mol. The van der Waals surface area contributed by atoms with Crippen LogP contribution >= 0.6 is 0 Å². The number of nitro benzene ring substituents is 1. The Balaban J connectivity index is 1.57. The number of nitro groups is 1. The second-order valence-electron chi connectivity index (χ2n) is 7.34. The molecule has 0 aliphatic heterocycles. The van der Waals surface area contributed by atoms with E-state index < -0.39 is 0 Å². The van der Waals surface area contributed by atoms with Gasteiger partial charge in [-0.2, -0.15) is 0 Å². The maximum absolute atomic E-state index is 10.7. The molecule has 4 saturated carbocycles. The minimum atomic E-state index is -0.367. The third kappa shape index (κ3) is 2.03. The Morgan fingerprint density at radius 1 is 1.05 bits per heavy atom. The lowest BCUT2D eigenvalue weighted by atomic mass is 9.50. The largest absolute Gasteiger partial charge is 0.487 e. The smallest absolute Gasteiger partial charge is 0.269 e. The van der Waals surface area contributed by atoms with Crippen LogP contribution in [-0.2, 0) is 0 Å². The first-order valence-corrected chi connectivity index (χ1v) is 7.98. The van der Waals surface area contributed by atoms with Crippen LogP contribution in [0.1, 0.15) is 39.0 Å². The Morgan fingerprint density at radius 3 is 2.05 bits per heavy atom. The number of non-ortho nitro benzene ring substituents is 1. The molecule has 4 nitrogen and oxygen atoms in total. The van der Waals surface area contributed by atoms with E-state index in [1.807, 2.05) is 0 Å². The highest BCUT2D eigenvalue weighted by Crippen LogP contribution is 2.59. The summed E-state index contributed by atoms with van der Waals surface area (Å²) in [6.07, 6.45) is 6.64. The third-order valence-corrected chi connectivity index (χ3v) is 6.14. The molecule has 0 radical (unpaired) electrons. The van der Waals surface area contributed by atoms with Gasteiger partial charge in [0.25, 0.3) is 5.69 Å². The van der Waals surface area contributed by atoms with E-state index in [0.717, 1.165) is 17.6 Å². The van der Waals surface area contributed by atoms with Crippen molar-refractivity contribution in [2.75, 3.05) is 0 Å². The van der Waals surface area contributed by atoms with Crippen molar-refractivity contribution < 1.29 is 9.66 Å². The minimum Gasteiger partial charge on any atom is -0.487 e. The van der Waals surface area contributed by atoms with Gasteiger partial charge in [-0.05, 0) is 74.8 Å². The normalized spacial score (nSPS) is 40.2. The van der Waals surface area contributed by atoms with Crippen molar-refractivity contribution in [3.05, 3.63) is 34.4 Å².